The van der Waals surface area contributed by atoms with Crippen molar-refractivity contribution in [1.29, 1.82) is 0 Å². The third kappa shape index (κ3) is 3.23. The number of sulfonamides is 1. The van der Waals surface area contributed by atoms with Gasteiger partial charge in [0.2, 0.25) is 10.0 Å². The van der Waals surface area contributed by atoms with Crippen molar-refractivity contribution in [3.63, 3.8) is 0 Å². The molecule has 0 saturated carbocycles. The van der Waals surface area contributed by atoms with Crippen molar-refractivity contribution >= 4 is 15.9 Å². The highest BCUT2D eigenvalue weighted by molar-refractivity contribution is 7.88. The number of carbonyl (C=O) groups is 1. The van der Waals surface area contributed by atoms with Crippen molar-refractivity contribution in [2.24, 2.45) is 11.8 Å². The largest absolute Gasteiger partial charge is 0.330 e. The fraction of sp³-hybridized carbons (Fsp3) is 0.421. The summed E-state index contributed by atoms with van der Waals surface area (Å²) in [5.41, 5.74) is 2.48. The van der Waals surface area contributed by atoms with Gasteiger partial charge in [-0.1, -0.05) is 24.3 Å². The molecule has 2 fully saturated rings. The Labute approximate surface area is 159 Å². The number of carbonyl (C=O) groups excluding carboxylic acids is 1. The molecule has 0 spiro atoms. The Morgan fingerprint density at radius 3 is 2.59 bits per heavy atom. The number of aromatic nitrogens is 2. The van der Waals surface area contributed by atoms with Crippen LogP contribution in [-0.2, 0) is 10.0 Å². The Morgan fingerprint density at radius 2 is 1.93 bits per heavy atom. The average Bonchev–Trinajstić information content (AvgIpc) is 3.20. The first-order valence-corrected chi connectivity index (χ1v) is 10.8. The molecule has 142 valence electrons. The summed E-state index contributed by atoms with van der Waals surface area (Å²) in [6, 6.07) is 7.82. The molecule has 3 heterocycles. The molecule has 0 aliphatic carbocycles. The standard InChI is InChI=1S/C19H22N4O3S/c1-13-5-3-4-6-15(13)18-16-12-22(27(2,25)26)10-14(16)11-23(18)19(24)17-9-20-7-8-21-17/h3-9,14,16,18H,10-12H2,1-2H3/t14-,16-,18+/m0/s1. The zero-order valence-corrected chi connectivity index (χ0v) is 16.1. The van der Waals surface area contributed by atoms with Crippen LogP contribution < -0.4 is 0 Å². The molecule has 8 heteroatoms. The van der Waals surface area contributed by atoms with Crippen LogP contribution in [0.15, 0.2) is 42.9 Å². The summed E-state index contributed by atoms with van der Waals surface area (Å²) in [5.74, 6) is 0.0306. The summed E-state index contributed by atoms with van der Waals surface area (Å²) in [6.07, 6.45) is 5.78. The van der Waals surface area contributed by atoms with E-state index >= 15 is 0 Å². The molecule has 0 unspecified atom stereocenters. The first kappa shape index (κ1) is 18.1. The van der Waals surface area contributed by atoms with Gasteiger partial charge in [-0.05, 0) is 24.0 Å². The average molecular weight is 386 g/mol. The van der Waals surface area contributed by atoms with Gasteiger partial charge in [-0.2, -0.15) is 0 Å². The van der Waals surface area contributed by atoms with Crippen LogP contribution in [0.25, 0.3) is 0 Å². The first-order chi connectivity index (χ1) is 12.9. The van der Waals surface area contributed by atoms with Gasteiger partial charge in [0.05, 0.1) is 18.5 Å². The molecule has 4 rings (SSSR count). The minimum Gasteiger partial charge on any atom is -0.330 e. The highest BCUT2D eigenvalue weighted by Crippen LogP contribution is 2.46. The van der Waals surface area contributed by atoms with Gasteiger partial charge in [-0.3, -0.25) is 9.78 Å². The third-order valence-corrected chi connectivity index (χ3v) is 6.89. The van der Waals surface area contributed by atoms with Gasteiger partial charge < -0.3 is 4.90 Å². The van der Waals surface area contributed by atoms with E-state index in [1.807, 2.05) is 36.1 Å². The molecule has 2 aliphatic rings. The monoisotopic (exact) mass is 386 g/mol. The summed E-state index contributed by atoms with van der Waals surface area (Å²) >= 11 is 0. The minimum absolute atomic E-state index is 0.0708. The fourth-order valence-electron chi connectivity index (χ4n) is 4.36. The van der Waals surface area contributed by atoms with Gasteiger partial charge in [-0.25, -0.2) is 17.7 Å². The van der Waals surface area contributed by atoms with Crippen LogP contribution in [0.4, 0.5) is 0 Å². The van der Waals surface area contributed by atoms with E-state index in [0.717, 1.165) is 11.1 Å². The quantitative estimate of drug-likeness (QED) is 0.798. The van der Waals surface area contributed by atoms with E-state index in [9.17, 15) is 13.2 Å². The van der Waals surface area contributed by atoms with Crippen molar-refractivity contribution in [2.75, 3.05) is 25.9 Å². The maximum absolute atomic E-state index is 13.1. The first-order valence-electron chi connectivity index (χ1n) is 8.94. The number of benzene rings is 1. The lowest BCUT2D eigenvalue weighted by atomic mass is 9.87. The van der Waals surface area contributed by atoms with E-state index in [1.54, 1.807) is 0 Å². The van der Waals surface area contributed by atoms with Gasteiger partial charge in [-0.15, -0.1) is 0 Å². The number of fused-ring (bicyclic) bond motifs is 1. The van der Waals surface area contributed by atoms with Crippen LogP contribution in [0.3, 0.4) is 0 Å². The van der Waals surface area contributed by atoms with Gasteiger partial charge >= 0.3 is 0 Å². The second-order valence-electron chi connectivity index (χ2n) is 7.35. The number of likely N-dealkylation sites (tertiary alicyclic amines) is 1. The minimum atomic E-state index is -3.24. The van der Waals surface area contributed by atoms with E-state index in [-0.39, 0.29) is 23.8 Å². The second-order valence-corrected chi connectivity index (χ2v) is 9.34. The molecular formula is C19H22N4O3S. The molecule has 2 aromatic rings. The van der Waals surface area contributed by atoms with E-state index in [2.05, 4.69) is 9.97 Å². The van der Waals surface area contributed by atoms with Crippen LogP contribution >= 0.6 is 0 Å². The van der Waals surface area contributed by atoms with Crippen molar-refractivity contribution in [3.8, 4) is 0 Å². The Balaban J connectivity index is 1.73. The molecule has 0 bridgehead atoms. The van der Waals surface area contributed by atoms with E-state index in [1.165, 1.54) is 29.2 Å². The number of hydrogen-bond acceptors (Lipinski definition) is 5. The van der Waals surface area contributed by atoms with Crippen molar-refractivity contribution in [2.45, 2.75) is 13.0 Å². The molecule has 1 aromatic heterocycles. The predicted molar refractivity (Wildman–Crippen MR) is 100 cm³/mol. The molecule has 1 aromatic carbocycles. The lowest BCUT2D eigenvalue weighted by Crippen LogP contribution is -2.37. The SMILES string of the molecule is Cc1ccccc1[C@@H]1[C@H]2CN(S(C)(=O)=O)C[C@H]2CN1C(=O)c1cnccn1. The summed E-state index contributed by atoms with van der Waals surface area (Å²) in [4.78, 5) is 23.2. The lowest BCUT2D eigenvalue weighted by molar-refractivity contribution is 0.0702. The Kier molecular flexibility index (Phi) is 4.47. The van der Waals surface area contributed by atoms with Crippen LogP contribution in [0, 0.1) is 18.8 Å². The number of aryl methyl sites for hydroxylation is 1. The van der Waals surface area contributed by atoms with Crippen LogP contribution in [0.2, 0.25) is 0 Å². The van der Waals surface area contributed by atoms with Crippen molar-refractivity contribution in [3.05, 3.63) is 59.7 Å². The summed E-state index contributed by atoms with van der Waals surface area (Å²) in [5, 5.41) is 0. The normalized spacial score (nSPS) is 25.6. The van der Waals surface area contributed by atoms with Crippen LogP contribution in [0.1, 0.15) is 27.7 Å². The van der Waals surface area contributed by atoms with Gasteiger partial charge in [0.25, 0.3) is 5.91 Å². The third-order valence-electron chi connectivity index (χ3n) is 5.65. The van der Waals surface area contributed by atoms with E-state index in [4.69, 9.17) is 0 Å². The molecule has 27 heavy (non-hydrogen) atoms. The molecule has 0 radical (unpaired) electrons. The highest BCUT2D eigenvalue weighted by Gasteiger charge is 2.51. The zero-order chi connectivity index (χ0) is 19.2. The summed E-state index contributed by atoms with van der Waals surface area (Å²) < 4.78 is 25.6. The van der Waals surface area contributed by atoms with E-state index in [0.29, 0.717) is 25.3 Å². The number of hydrogen-bond donors (Lipinski definition) is 0. The maximum atomic E-state index is 13.1. The second kappa shape index (κ2) is 6.69. The Morgan fingerprint density at radius 1 is 1.15 bits per heavy atom. The summed E-state index contributed by atoms with van der Waals surface area (Å²) in [7, 11) is -3.24. The highest BCUT2D eigenvalue weighted by atomic mass is 32.2. The molecule has 1 amide bonds. The molecule has 2 saturated heterocycles. The van der Waals surface area contributed by atoms with Gasteiger partial charge in [0.1, 0.15) is 5.69 Å². The molecule has 0 N–H and O–H groups in total. The van der Waals surface area contributed by atoms with Crippen LogP contribution in [-0.4, -0.2) is 59.4 Å². The molecule has 3 atom stereocenters. The molecule has 2 aliphatic heterocycles. The molecule has 7 nitrogen and oxygen atoms in total. The Hall–Kier alpha value is -2.32. The molecular weight excluding hydrogens is 364 g/mol. The van der Waals surface area contributed by atoms with Crippen molar-refractivity contribution < 1.29 is 13.2 Å². The van der Waals surface area contributed by atoms with Crippen LogP contribution in [0.5, 0.6) is 0 Å². The number of nitrogens with zero attached hydrogens (tertiary/aromatic N) is 4. The van der Waals surface area contributed by atoms with Gasteiger partial charge in [0, 0.05) is 37.9 Å². The zero-order valence-electron chi connectivity index (χ0n) is 15.3. The summed E-state index contributed by atoms with van der Waals surface area (Å²) in [6.45, 7) is 3.44. The number of rotatable bonds is 3. The van der Waals surface area contributed by atoms with E-state index < -0.39 is 10.0 Å². The maximum Gasteiger partial charge on any atom is 0.274 e. The Bertz CT molecular complexity index is 964. The van der Waals surface area contributed by atoms with Gasteiger partial charge in [0.15, 0.2) is 0 Å². The predicted octanol–water partition coefficient (Wildman–Crippen LogP) is 1.49. The fourth-order valence-corrected chi connectivity index (χ4v) is 5.26. The van der Waals surface area contributed by atoms with Crippen molar-refractivity contribution in [1.82, 2.24) is 19.2 Å². The smallest absolute Gasteiger partial charge is 0.274 e. The number of amides is 1. The topological polar surface area (TPSA) is 83.5 Å². The lowest BCUT2D eigenvalue weighted by Gasteiger charge is -2.30.